The van der Waals surface area contributed by atoms with Gasteiger partial charge in [-0.25, -0.2) is 4.39 Å². The summed E-state index contributed by atoms with van der Waals surface area (Å²) in [5, 5.41) is 4.98. The number of halogens is 4. The molecule has 0 fully saturated rings. The molecule has 1 unspecified atom stereocenters. The van der Waals surface area contributed by atoms with E-state index in [2.05, 4.69) is 11.7 Å². The molecule has 15 heavy (non-hydrogen) atoms. The van der Waals surface area contributed by atoms with Crippen LogP contribution in [0.4, 0.5) is 17.6 Å². The molecule has 0 aliphatic heterocycles. The van der Waals surface area contributed by atoms with E-state index >= 15 is 0 Å². The molecule has 0 saturated carbocycles. The third-order valence-corrected chi connectivity index (χ3v) is 2.01. The summed E-state index contributed by atoms with van der Waals surface area (Å²) in [5.74, 6) is 0. The number of aromatic amines is 1. The maximum Gasteiger partial charge on any atom is 0.433 e. The van der Waals surface area contributed by atoms with Crippen LogP contribution in [-0.2, 0) is 11.8 Å². The quantitative estimate of drug-likeness (QED) is 0.617. The lowest BCUT2D eigenvalue weighted by atomic mass is 9.95. The van der Waals surface area contributed by atoms with E-state index in [0.717, 1.165) is 13.1 Å². The molecule has 1 rings (SSSR count). The SMILES string of the molecule is C=CCC(C)(F)c1cn[nH]c1C(F)(F)F. The van der Waals surface area contributed by atoms with Gasteiger partial charge in [-0.2, -0.15) is 18.3 Å². The number of rotatable bonds is 3. The van der Waals surface area contributed by atoms with E-state index in [4.69, 9.17) is 0 Å². The Morgan fingerprint density at radius 3 is 2.53 bits per heavy atom. The molecular formula is C9H10F4N2. The molecule has 0 aromatic carbocycles. The predicted molar refractivity (Wildman–Crippen MR) is 46.9 cm³/mol. The monoisotopic (exact) mass is 222 g/mol. The molecular weight excluding hydrogens is 212 g/mol. The minimum absolute atomic E-state index is 0.199. The van der Waals surface area contributed by atoms with Crippen LogP contribution in [-0.4, -0.2) is 10.2 Å². The highest BCUT2D eigenvalue weighted by molar-refractivity contribution is 5.26. The van der Waals surface area contributed by atoms with Crippen LogP contribution < -0.4 is 0 Å². The minimum Gasteiger partial charge on any atom is -0.273 e. The fourth-order valence-corrected chi connectivity index (χ4v) is 1.28. The van der Waals surface area contributed by atoms with Crippen molar-refractivity contribution in [1.29, 1.82) is 0 Å². The van der Waals surface area contributed by atoms with Crippen molar-refractivity contribution in [3.8, 4) is 0 Å². The number of allylic oxidation sites excluding steroid dienone is 1. The molecule has 0 amide bonds. The van der Waals surface area contributed by atoms with E-state index in [1.807, 2.05) is 0 Å². The zero-order valence-electron chi connectivity index (χ0n) is 8.03. The first-order valence-electron chi connectivity index (χ1n) is 4.20. The lowest BCUT2D eigenvalue weighted by Gasteiger charge is -2.19. The average molecular weight is 222 g/mol. The van der Waals surface area contributed by atoms with Crippen molar-refractivity contribution in [2.24, 2.45) is 0 Å². The van der Waals surface area contributed by atoms with Crippen molar-refractivity contribution in [3.63, 3.8) is 0 Å². The molecule has 0 aliphatic carbocycles. The highest BCUT2D eigenvalue weighted by Gasteiger charge is 2.41. The Labute approximate surface area is 84.0 Å². The topological polar surface area (TPSA) is 28.7 Å². The number of nitrogens with zero attached hydrogens (tertiary/aromatic N) is 1. The van der Waals surface area contributed by atoms with Crippen molar-refractivity contribution >= 4 is 0 Å². The number of alkyl halides is 4. The Kier molecular flexibility index (Phi) is 2.88. The molecule has 1 atom stereocenters. The number of aromatic nitrogens is 2. The molecule has 0 saturated heterocycles. The van der Waals surface area contributed by atoms with Crippen molar-refractivity contribution in [2.75, 3.05) is 0 Å². The van der Waals surface area contributed by atoms with Crippen LogP contribution in [0.1, 0.15) is 24.6 Å². The third kappa shape index (κ3) is 2.37. The van der Waals surface area contributed by atoms with Gasteiger partial charge in [-0.1, -0.05) is 6.08 Å². The zero-order chi connectivity index (χ0) is 11.7. The standard InChI is InChI=1S/C9H10F4N2/c1-3-4-8(2,10)6-5-14-15-7(6)9(11,12)13/h3,5H,1,4H2,2H3,(H,14,15). The van der Waals surface area contributed by atoms with Crippen LogP contribution >= 0.6 is 0 Å². The highest BCUT2D eigenvalue weighted by atomic mass is 19.4. The van der Waals surface area contributed by atoms with Gasteiger partial charge in [-0.15, -0.1) is 6.58 Å². The molecule has 1 aromatic heterocycles. The van der Waals surface area contributed by atoms with Gasteiger partial charge in [0.05, 0.1) is 6.20 Å². The first-order chi connectivity index (χ1) is 6.79. The first-order valence-corrected chi connectivity index (χ1v) is 4.20. The van der Waals surface area contributed by atoms with E-state index in [1.54, 1.807) is 5.10 Å². The number of nitrogens with one attached hydrogen (secondary N) is 1. The van der Waals surface area contributed by atoms with Gasteiger partial charge in [0.25, 0.3) is 0 Å². The molecule has 0 aliphatic rings. The van der Waals surface area contributed by atoms with Crippen LogP contribution in [0.3, 0.4) is 0 Å². The van der Waals surface area contributed by atoms with Crippen LogP contribution in [0.25, 0.3) is 0 Å². The second kappa shape index (κ2) is 3.67. The average Bonchev–Trinajstić information content (AvgIpc) is 2.49. The number of H-pyrrole nitrogens is 1. The molecule has 84 valence electrons. The Hall–Kier alpha value is -1.33. The van der Waals surface area contributed by atoms with E-state index in [1.165, 1.54) is 6.08 Å². The van der Waals surface area contributed by atoms with Crippen LogP contribution in [0.15, 0.2) is 18.9 Å². The van der Waals surface area contributed by atoms with Crippen LogP contribution in [0.5, 0.6) is 0 Å². The second-order valence-corrected chi connectivity index (χ2v) is 3.35. The summed E-state index contributed by atoms with van der Waals surface area (Å²) in [7, 11) is 0. The zero-order valence-corrected chi connectivity index (χ0v) is 8.03. The van der Waals surface area contributed by atoms with Gasteiger partial charge in [0.1, 0.15) is 11.4 Å². The summed E-state index contributed by atoms with van der Waals surface area (Å²) < 4.78 is 51.0. The predicted octanol–water partition coefficient (Wildman–Crippen LogP) is 3.19. The van der Waals surface area contributed by atoms with Gasteiger partial charge in [0, 0.05) is 12.0 Å². The van der Waals surface area contributed by atoms with E-state index in [9.17, 15) is 17.6 Å². The van der Waals surface area contributed by atoms with Gasteiger partial charge in [0.2, 0.25) is 0 Å². The summed E-state index contributed by atoms with van der Waals surface area (Å²) in [6, 6.07) is 0. The summed E-state index contributed by atoms with van der Waals surface area (Å²) >= 11 is 0. The fourth-order valence-electron chi connectivity index (χ4n) is 1.28. The second-order valence-electron chi connectivity index (χ2n) is 3.35. The Bertz CT molecular complexity index is 351. The van der Waals surface area contributed by atoms with Gasteiger partial charge in [-0.05, 0) is 6.92 Å². The number of hydrogen-bond donors (Lipinski definition) is 1. The van der Waals surface area contributed by atoms with Gasteiger partial charge < -0.3 is 0 Å². The first kappa shape index (κ1) is 11.7. The fraction of sp³-hybridized carbons (Fsp3) is 0.444. The smallest absolute Gasteiger partial charge is 0.273 e. The molecule has 6 heteroatoms. The van der Waals surface area contributed by atoms with Crippen LogP contribution in [0, 0.1) is 0 Å². The van der Waals surface area contributed by atoms with E-state index < -0.39 is 23.1 Å². The minimum atomic E-state index is -4.62. The summed E-state index contributed by atoms with van der Waals surface area (Å²) in [6.45, 7) is 4.36. The lowest BCUT2D eigenvalue weighted by molar-refractivity contribution is -0.143. The Balaban J connectivity index is 3.15. The molecule has 1 N–H and O–H groups in total. The van der Waals surface area contributed by atoms with E-state index in [-0.39, 0.29) is 6.42 Å². The molecule has 0 radical (unpaired) electrons. The normalized spacial score (nSPS) is 16.1. The van der Waals surface area contributed by atoms with Crippen molar-refractivity contribution in [2.45, 2.75) is 25.2 Å². The summed E-state index contributed by atoms with van der Waals surface area (Å²) in [6.07, 6.45) is -2.74. The van der Waals surface area contributed by atoms with Crippen molar-refractivity contribution in [1.82, 2.24) is 10.2 Å². The number of hydrogen-bond acceptors (Lipinski definition) is 1. The van der Waals surface area contributed by atoms with Crippen LogP contribution in [0.2, 0.25) is 0 Å². The highest BCUT2D eigenvalue weighted by Crippen LogP contribution is 2.38. The van der Waals surface area contributed by atoms with Gasteiger partial charge >= 0.3 is 6.18 Å². The molecule has 0 bridgehead atoms. The molecule has 1 heterocycles. The largest absolute Gasteiger partial charge is 0.433 e. The molecule has 1 aromatic rings. The van der Waals surface area contributed by atoms with Crippen molar-refractivity contribution < 1.29 is 17.6 Å². The van der Waals surface area contributed by atoms with Gasteiger partial charge in [0.15, 0.2) is 0 Å². The Morgan fingerprint density at radius 2 is 2.07 bits per heavy atom. The van der Waals surface area contributed by atoms with Gasteiger partial charge in [-0.3, -0.25) is 5.10 Å². The third-order valence-electron chi connectivity index (χ3n) is 2.01. The molecule has 2 nitrogen and oxygen atoms in total. The maximum atomic E-state index is 13.8. The maximum absolute atomic E-state index is 13.8. The lowest BCUT2D eigenvalue weighted by Crippen LogP contribution is -2.19. The Morgan fingerprint density at radius 1 is 1.47 bits per heavy atom. The van der Waals surface area contributed by atoms with Crippen molar-refractivity contribution in [3.05, 3.63) is 30.1 Å². The molecule has 0 spiro atoms. The van der Waals surface area contributed by atoms with E-state index in [0.29, 0.717) is 0 Å². The summed E-state index contributed by atoms with van der Waals surface area (Å²) in [4.78, 5) is 0. The summed E-state index contributed by atoms with van der Waals surface area (Å²) in [5.41, 5.74) is -3.75.